The van der Waals surface area contributed by atoms with Crippen molar-refractivity contribution >= 4 is 29.1 Å². The minimum absolute atomic E-state index is 0.0407. The fourth-order valence-electron chi connectivity index (χ4n) is 1.54. The second-order valence-electron chi connectivity index (χ2n) is 4.41. The van der Waals surface area contributed by atoms with E-state index in [0.717, 1.165) is 12.5 Å². The molecule has 0 aliphatic rings. The molecule has 1 atom stereocenters. The van der Waals surface area contributed by atoms with Gasteiger partial charge in [0.15, 0.2) is 0 Å². The zero-order valence-electron chi connectivity index (χ0n) is 11.7. The van der Waals surface area contributed by atoms with E-state index < -0.39 is 16.9 Å². The standard InChI is InChI=1S/C13H16ClN3O4/c1-3-6-15-12(18)8(2)16-13(19)10-7-9(17(20)21)4-5-11(10)14/h4-5,7-8H,3,6H2,1-2H3,(H,15,18)(H,16,19)/t8-/m0/s1. The van der Waals surface area contributed by atoms with Gasteiger partial charge in [0.25, 0.3) is 11.6 Å². The molecule has 1 rings (SSSR count). The predicted octanol–water partition coefficient (Wildman–Crippen LogP) is 1.89. The fourth-order valence-corrected chi connectivity index (χ4v) is 1.75. The van der Waals surface area contributed by atoms with Gasteiger partial charge >= 0.3 is 0 Å². The van der Waals surface area contributed by atoms with E-state index in [1.54, 1.807) is 0 Å². The van der Waals surface area contributed by atoms with Gasteiger partial charge in [-0.1, -0.05) is 18.5 Å². The molecule has 114 valence electrons. The van der Waals surface area contributed by atoms with Gasteiger partial charge in [0.1, 0.15) is 6.04 Å². The zero-order chi connectivity index (χ0) is 16.0. The summed E-state index contributed by atoms with van der Waals surface area (Å²) in [5.74, 6) is -0.963. The lowest BCUT2D eigenvalue weighted by atomic mass is 10.1. The van der Waals surface area contributed by atoms with Crippen LogP contribution in [-0.4, -0.2) is 29.3 Å². The number of carbonyl (C=O) groups excluding carboxylic acids is 2. The molecule has 0 saturated heterocycles. The minimum atomic E-state index is -0.764. The molecule has 0 bridgehead atoms. The highest BCUT2D eigenvalue weighted by Crippen LogP contribution is 2.22. The first-order chi connectivity index (χ1) is 9.86. The topological polar surface area (TPSA) is 101 Å². The lowest BCUT2D eigenvalue weighted by Crippen LogP contribution is -2.45. The average molecular weight is 314 g/mol. The van der Waals surface area contributed by atoms with Crippen LogP contribution in [0.25, 0.3) is 0 Å². The van der Waals surface area contributed by atoms with Gasteiger partial charge < -0.3 is 10.6 Å². The van der Waals surface area contributed by atoms with Crippen molar-refractivity contribution in [3.63, 3.8) is 0 Å². The van der Waals surface area contributed by atoms with Crippen molar-refractivity contribution in [2.45, 2.75) is 26.3 Å². The first-order valence-electron chi connectivity index (χ1n) is 6.39. The number of nitro benzene ring substituents is 1. The van der Waals surface area contributed by atoms with Crippen LogP contribution in [0.2, 0.25) is 5.02 Å². The molecule has 0 unspecified atom stereocenters. The summed E-state index contributed by atoms with van der Waals surface area (Å²) < 4.78 is 0. The smallest absolute Gasteiger partial charge is 0.270 e. The number of benzene rings is 1. The van der Waals surface area contributed by atoms with Gasteiger partial charge in [-0.2, -0.15) is 0 Å². The highest BCUT2D eigenvalue weighted by atomic mass is 35.5. The van der Waals surface area contributed by atoms with Crippen LogP contribution in [-0.2, 0) is 4.79 Å². The largest absolute Gasteiger partial charge is 0.354 e. The lowest BCUT2D eigenvalue weighted by molar-refractivity contribution is -0.384. The Labute approximate surface area is 126 Å². The van der Waals surface area contributed by atoms with Crippen LogP contribution in [0.5, 0.6) is 0 Å². The Hall–Kier alpha value is -2.15. The quantitative estimate of drug-likeness (QED) is 0.618. The summed E-state index contributed by atoms with van der Waals surface area (Å²) in [6.07, 6.45) is 0.781. The maximum absolute atomic E-state index is 12.0. The Morgan fingerprint density at radius 3 is 2.67 bits per heavy atom. The highest BCUT2D eigenvalue weighted by molar-refractivity contribution is 6.34. The van der Waals surface area contributed by atoms with Crippen LogP contribution in [0.15, 0.2) is 18.2 Å². The summed E-state index contributed by atoms with van der Waals surface area (Å²) in [5.41, 5.74) is -0.284. The molecule has 1 aromatic rings. The van der Waals surface area contributed by atoms with Crippen molar-refractivity contribution in [1.82, 2.24) is 10.6 Å². The summed E-state index contributed by atoms with van der Waals surface area (Å²) in [4.78, 5) is 33.8. The Balaban J connectivity index is 2.82. The van der Waals surface area contributed by atoms with Gasteiger partial charge in [-0.15, -0.1) is 0 Å². The van der Waals surface area contributed by atoms with Crippen LogP contribution in [0.3, 0.4) is 0 Å². The molecule has 0 heterocycles. The highest BCUT2D eigenvalue weighted by Gasteiger charge is 2.20. The number of non-ortho nitro benzene ring substituents is 1. The number of nitrogens with one attached hydrogen (secondary N) is 2. The van der Waals surface area contributed by atoms with Crippen LogP contribution in [0, 0.1) is 10.1 Å². The zero-order valence-corrected chi connectivity index (χ0v) is 12.4. The summed E-state index contributed by atoms with van der Waals surface area (Å²) in [6, 6.07) is 2.79. The fraction of sp³-hybridized carbons (Fsp3) is 0.385. The van der Waals surface area contributed by atoms with Gasteiger partial charge in [0.05, 0.1) is 15.5 Å². The Kier molecular flexibility index (Phi) is 6.10. The van der Waals surface area contributed by atoms with Crippen molar-refractivity contribution in [3.05, 3.63) is 38.9 Å². The molecule has 1 aromatic carbocycles. The number of nitro groups is 1. The van der Waals surface area contributed by atoms with Crippen molar-refractivity contribution in [1.29, 1.82) is 0 Å². The van der Waals surface area contributed by atoms with Gasteiger partial charge in [0, 0.05) is 18.7 Å². The number of carbonyl (C=O) groups is 2. The Bertz CT molecular complexity index is 562. The molecule has 0 aliphatic carbocycles. The van der Waals surface area contributed by atoms with Crippen LogP contribution < -0.4 is 10.6 Å². The molecule has 7 nitrogen and oxygen atoms in total. The number of halogens is 1. The van der Waals surface area contributed by atoms with Crippen molar-refractivity contribution in [2.75, 3.05) is 6.54 Å². The maximum atomic E-state index is 12.0. The summed E-state index contributed by atoms with van der Waals surface area (Å²) in [5, 5.41) is 15.9. The molecule has 8 heteroatoms. The third kappa shape index (κ3) is 4.71. The van der Waals surface area contributed by atoms with Crippen LogP contribution >= 0.6 is 11.6 Å². The lowest BCUT2D eigenvalue weighted by Gasteiger charge is -2.14. The van der Waals surface area contributed by atoms with E-state index in [1.807, 2.05) is 6.92 Å². The molecule has 0 fully saturated rings. The number of hydrogen-bond donors (Lipinski definition) is 2. The van der Waals surface area contributed by atoms with E-state index in [4.69, 9.17) is 11.6 Å². The second-order valence-corrected chi connectivity index (χ2v) is 4.81. The SMILES string of the molecule is CCCNC(=O)[C@H](C)NC(=O)c1cc([N+](=O)[O-])ccc1Cl. The average Bonchev–Trinajstić information content (AvgIpc) is 2.44. The second kappa shape index (κ2) is 7.58. The normalized spacial score (nSPS) is 11.6. The number of hydrogen-bond acceptors (Lipinski definition) is 4. The summed E-state index contributed by atoms with van der Waals surface area (Å²) >= 11 is 5.86. The maximum Gasteiger partial charge on any atom is 0.270 e. The molecule has 0 aliphatic heterocycles. The molecule has 2 N–H and O–H groups in total. The van der Waals surface area contributed by atoms with E-state index in [9.17, 15) is 19.7 Å². The number of amides is 2. The molecule has 0 saturated carbocycles. The molecule has 21 heavy (non-hydrogen) atoms. The summed E-state index contributed by atoms with van der Waals surface area (Å²) in [7, 11) is 0. The third-order valence-electron chi connectivity index (χ3n) is 2.70. The van der Waals surface area contributed by atoms with Gasteiger partial charge in [-0.25, -0.2) is 0 Å². The monoisotopic (exact) mass is 313 g/mol. The number of nitrogens with zero attached hydrogens (tertiary/aromatic N) is 1. The molecule has 0 radical (unpaired) electrons. The van der Waals surface area contributed by atoms with Crippen molar-refractivity contribution in [2.24, 2.45) is 0 Å². The van der Waals surface area contributed by atoms with Gasteiger partial charge in [-0.05, 0) is 19.4 Å². The van der Waals surface area contributed by atoms with Gasteiger partial charge in [0.2, 0.25) is 5.91 Å². The van der Waals surface area contributed by atoms with E-state index in [2.05, 4.69) is 10.6 Å². The Morgan fingerprint density at radius 1 is 1.43 bits per heavy atom. The number of rotatable bonds is 6. The Morgan fingerprint density at radius 2 is 2.10 bits per heavy atom. The summed E-state index contributed by atoms with van der Waals surface area (Å²) in [6.45, 7) is 3.94. The molecular weight excluding hydrogens is 298 g/mol. The first-order valence-corrected chi connectivity index (χ1v) is 6.77. The van der Waals surface area contributed by atoms with E-state index in [-0.39, 0.29) is 22.2 Å². The van der Waals surface area contributed by atoms with Crippen LogP contribution in [0.1, 0.15) is 30.6 Å². The van der Waals surface area contributed by atoms with Gasteiger partial charge in [-0.3, -0.25) is 19.7 Å². The minimum Gasteiger partial charge on any atom is -0.354 e. The van der Waals surface area contributed by atoms with E-state index in [1.165, 1.54) is 19.1 Å². The molecule has 2 amide bonds. The predicted molar refractivity (Wildman–Crippen MR) is 78.3 cm³/mol. The van der Waals surface area contributed by atoms with E-state index >= 15 is 0 Å². The molecular formula is C13H16ClN3O4. The molecule has 0 spiro atoms. The van der Waals surface area contributed by atoms with E-state index in [0.29, 0.717) is 6.54 Å². The van der Waals surface area contributed by atoms with Crippen molar-refractivity contribution < 1.29 is 14.5 Å². The third-order valence-corrected chi connectivity index (χ3v) is 3.03. The van der Waals surface area contributed by atoms with Crippen molar-refractivity contribution in [3.8, 4) is 0 Å². The van der Waals surface area contributed by atoms with Crippen LogP contribution in [0.4, 0.5) is 5.69 Å². The first kappa shape index (κ1) is 16.9. The molecule has 0 aromatic heterocycles.